The zero-order chi connectivity index (χ0) is 27.5. The average Bonchev–Trinajstić information content (AvgIpc) is 2.90. The van der Waals surface area contributed by atoms with Crippen LogP contribution in [0, 0.1) is 13.8 Å². The SMILES string of the molecule is CCOc1cc(/C=N\NC(=O)C(=O)Nc2ccccc2CC)ccc1OCC(=O)Nc1ccc(C)cc1C. The number of hydrogen-bond acceptors (Lipinski definition) is 6. The summed E-state index contributed by atoms with van der Waals surface area (Å²) in [5, 5.41) is 9.30. The van der Waals surface area contributed by atoms with Gasteiger partial charge in [-0.05, 0) is 74.2 Å². The van der Waals surface area contributed by atoms with Crippen molar-refractivity contribution in [3.8, 4) is 11.5 Å². The molecule has 0 fully saturated rings. The molecule has 0 atom stereocenters. The Labute approximate surface area is 222 Å². The van der Waals surface area contributed by atoms with Crippen LogP contribution >= 0.6 is 0 Å². The molecule has 0 bridgehead atoms. The fraction of sp³-hybridized carbons (Fsp3) is 0.241. The van der Waals surface area contributed by atoms with E-state index in [2.05, 4.69) is 21.2 Å². The topological polar surface area (TPSA) is 118 Å². The molecule has 3 N–H and O–H groups in total. The van der Waals surface area contributed by atoms with Gasteiger partial charge in [-0.3, -0.25) is 14.4 Å². The van der Waals surface area contributed by atoms with Gasteiger partial charge in [0.1, 0.15) is 0 Å². The van der Waals surface area contributed by atoms with Crippen molar-refractivity contribution in [2.75, 3.05) is 23.8 Å². The summed E-state index contributed by atoms with van der Waals surface area (Å²) in [5.41, 5.74) is 7.12. The highest BCUT2D eigenvalue weighted by atomic mass is 16.5. The van der Waals surface area contributed by atoms with Gasteiger partial charge < -0.3 is 20.1 Å². The van der Waals surface area contributed by atoms with Crippen molar-refractivity contribution in [1.82, 2.24) is 5.43 Å². The monoisotopic (exact) mass is 516 g/mol. The molecule has 0 aliphatic rings. The summed E-state index contributed by atoms with van der Waals surface area (Å²) in [6.07, 6.45) is 2.10. The number of amides is 3. The Morgan fingerprint density at radius 3 is 2.37 bits per heavy atom. The van der Waals surface area contributed by atoms with Gasteiger partial charge in [0.15, 0.2) is 18.1 Å². The molecule has 38 heavy (non-hydrogen) atoms. The number of benzene rings is 3. The Morgan fingerprint density at radius 1 is 0.842 bits per heavy atom. The van der Waals surface area contributed by atoms with E-state index in [1.165, 1.54) is 6.21 Å². The fourth-order valence-corrected chi connectivity index (χ4v) is 3.62. The average molecular weight is 517 g/mol. The van der Waals surface area contributed by atoms with Crippen molar-refractivity contribution in [1.29, 1.82) is 0 Å². The van der Waals surface area contributed by atoms with Crippen molar-refractivity contribution in [2.24, 2.45) is 5.10 Å². The van der Waals surface area contributed by atoms with Gasteiger partial charge in [-0.2, -0.15) is 5.10 Å². The summed E-state index contributed by atoms with van der Waals surface area (Å²) >= 11 is 0. The standard InChI is InChI=1S/C29H32N4O5/c1-5-22-9-7-8-10-24(22)32-28(35)29(36)33-30-17-21-12-14-25(26(16-21)37-6-2)38-18-27(34)31-23-13-11-19(3)15-20(23)4/h7-17H,5-6,18H2,1-4H3,(H,31,34)(H,32,35)(H,33,36)/b30-17-. The maximum atomic E-state index is 12.4. The van der Waals surface area contributed by atoms with Crippen molar-refractivity contribution in [2.45, 2.75) is 34.1 Å². The molecule has 198 valence electrons. The van der Waals surface area contributed by atoms with Gasteiger partial charge >= 0.3 is 11.8 Å². The first kappa shape index (κ1) is 27.9. The molecule has 0 unspecified atom stereocenters. The van der Waals surface area contributed by atoms with E-state index in [9.17, 15) is 14.4 Å². The van der Waals surface area contributed by atoms with Crippen LogP contribution < -0.4 is 25.5 Å². The van der Waals surface area contributed by atoms with Crippen molar-refractivity contribution >= 4 is 35.3 Å². The molecule has 0 saturated heterocycles. The molecule has 0 spiro atoms. The van der Waals surface area contributed by atoms with E-state index in [1.807, 2.05) is 58.0 Å². The summed E-state index contributed by atoms with van der Waals surface area (Å²) in [7, 11) is 0. The van der Waals surface area contributed by atoms with Crippen molar-refractivity contribution in [3.63, 3.8) is 0 Å². The van der Waals surface area contributed by atoms with E-state index < -0.39 is 11.8 Å². The first-order chi connectivity index (χ1) is 18.3. The van der Waals surface area contributed by atoms with E-state index in [0.717, 1.165) is 28.8 Å². The van der Waals surface area contributed by atoms with Crippen LogP contribution in [0.15, 0.2) is 65.8 Å². The number of carbonyl (C=O) groups is 3. The smallest absolute Gasteiger partial charge is 0.329 e. The van der Waals surface area contributed by atoms with Crippen molar-refractivity contribution in [3.05, 3.63) is 82.9 Å². The Balaban J connectivity index is 1.57. The lowest BCUT2D eigenvalue weighted by Crippen LogP contribution is -2.32. The number of aryl methyl sites for hydroxylation is 3. The molecule has 3 rings (SSSR count). The highest BCUT2D eigenvalue weighted by Gasteiger charge is 2.14. The number of hydrogen-bond donors (Lipinski definition) is 3. The second-order valence-corrected chi connectivity index (χ2v) is 8.46. The second-order valence-electron chi connectivity index (χ2n) is 8.46. The summed E-state index contributed by atoms with van der Waals surface area (Å²) in [6.45, 7) is 7.88. The van der Waals surface area contributed by atoms with Gasteiger partial charge in [0, 0.05) is 11.4 Å². The minimum atomic E-state index is -0.896. The minimum Gasteiger partial charge on any atom is -0.490 e. The third kappa shape index (κ3) is 7.92. The molecule has 0 aliphatic carbocycles. The molecule has 3 aromatic carbocycles. The zero-order valence-electron chi connectivity index (χ0n) is 22.0. The Kier molecular flexibility index (Phi) is 9.99. The minimum absolute atomic E-state index is 0.201. The van der Waals surface area contributed by atoms with Crippen LogP contribution in [0.3, 0.4) is 0 Å². The molecule has 0 radical (unpaired) electrons. The molecular formula is C29H32N4O5. The number of anilines is 2. The van der Waals surface area contributed by atoms with E-state index in [1.54, 1.807) is 30.3 Å². The maximum absolute atomic E-state index is 12.4. The number of nitrogens with zero attached hydrogens (tertiary/aromatic N) is 1. The highest BCUT2D eigenvalue weighted by molar-refractivity contribution is 6.39. The van der Waals surface area contributed by atoms with E-state index >= 15 is 0 Å². The van der Waals surface area contributed by atoms with Gasteiger partial charge in [-0.1, -0.05) is 42.8 Å². The Morgan fingerprint density at radius 2 is 1.63 bits per heavy atom. The molecule has 0 aromatic heterocycles. The predicted molar refractivity (Wildman–Crippen MR) is 148 cm³/mol. The fourth-order valence-electron chi connectivity index (χ4n) is 3.62. The summed E-state index contributed by atoms with van der Waals surface area (Å²) < 4.78 is 11.3. The first-order valence-corrected chi connectivity index (χ1v) is 12.3. The molecule has 9 heteroatoms. The zero-order valence-corrected chi connectivity index (χ0v) is 22.0. The lowest BCUT2D eigenvalue weighted by Gasteiger charge is -2.13. The van der Waals surface area contributed by atoms with Crippen LogP contribution in [0.2, 0.25) is 0 Å². The summed E-state index contributed by atoms with van der Waals surface area (Å²) in [6, 6.07) is 18.0. The number of rotatable bonds is 10. The molecule has 0 saturated carbocycles. The lowest BCUT2D eigenvalue weighted by molar-refractivity contribution is -0.136. The van der Waals surface area contributed by atoms with Crippen LogP contribution in [-0.4, -0.2) is 37.1 Å². The van der Waals surface area contributed by atoms with Crippen LogP contribution in [0.4, 0.5) is 11.4 Å². The lowest BCUT2D eigenvalue weighted by atomic mass is 10.1. The maximum Gasteiger partial charge on any atom is 0.329 e. The molecular weight excluding hydrogens is 484 g/mol. The summed E-state index contributed by atoms with van der Waals surface area (Å²) in [4.78, 5) is 36.8. The van der Waals surface area contributed by atoms with E-state index in [-0.39, 0.29) is 12.5 Å². The quantitative estimate of drug-likeness (QED) is 0.210. The van der Waals surface area contributed by atoms with Gasteiger partial charge in [0.05, 0.1) is 12.8 Å². The van der Waals surface area contributed by atoms with Crippen LogP contribution in [-0.2, 0) is 20.8 Å². The predicted octanol–water partition coefficient (Wildman–Crippen LogP) is 4.37. The molecule has 3 aromatic rings. The number of carbonyl (C=O) groups excluding carboxylic acids is 3. The molecule has 0 aliphatic heterocycles. The van der Waals surface area contributed by atoms with E-state index in [4.69, 9.17) is 9.47 Å². The van der Waals surface area contributed by atoms with Crippen LogP contribution in [0.25, 0.3) is 0 Å². The summed E-state index contributed by atoms with van der Waals surface area (Å²) in [5.74, 6) is -1.21. The largest absolute Gasteiger partial charge is 0.490 e. The number of ether oxygens (including phenoxy) is 2. The van der Waals surface area contributed by atoms with Crippen LogP contribution in [0.5, 0.6) is 11.5 Å². The number of nitrogens with one attached hydrogen (secondary N) is 3. The van der Waals surface area contributed by atoms with Gasteiger partial charge in [-0.15, -0.1) is 0 Å². The van der Waals surface area contributed by atoms with Gasteiger partial charge in [-0.25, -0.2) is 5.43 Å². The van der Waals surface area contributed by atoms with Crippen LogP contribution in [0.1, 0.15) is 36.1 Å². The third-order valence-electron chi connectivity index (χ3n) is 5.51. The normalized spacial score (nSPS) is 10.6. The molecule has 9 nitrogen and oxygen atoms in total. The number of hydrazone groups is 1. The Bertz CT molecular complexity index is 1340. The number of para-hydroxylation sites is 1. The van der Waals surface area contributed by atoms with Gasteiger partial charge in [0.2, 0.25) is 0 Å². The molecule has 3 amide bonds. The highest BCUT2D eigenvalue weighted by Crippen LogP contribution is 2.28. The van der Waals surface area contributed by atoms with E-state index in [0.29, 0.717) is 29.4 Å². The molecule has 0 heterocycles. The van der Waals surface area contributed by atoms with Crippen molar-refractivity contribution < 1.29 is 23.9 Å². The third-order valence-corrected chi connectivity index (χ3v) is 5.51. The first-order valence-electron chi connectivity index (χ1n) is 12.3. The Hall–Kier alpha value is -4.66. The second kappa shape index (κ2) is 13.6. The van der Waals surface area contributed by atoms with Gasteiger partial charge in [0.25, 0.3) is 5.91 Å².